The lowest BCUT2D eigenvalue weighted by atomic mass is 10.1. The van der Waals surface area contributed by atoms with Crippen LogP contribution in [0.4, 0.5) is 0 Å². The van der Waals surface area contributed by atoms with Crippen molar-refractivity contribution in [2.24, 2.45) is 11.7 Å². The van der Waals surface area contributed by atoms with Crippen LogP contribution in [-0.2, 0) is 6.42 Å². The first kappa shape index (κ1) is 14.8. The molecule has 0 amide bonds. The van der Waals surface area contributed by atoms with Crippen LogP contribution in [0.25, 0.3) is 0 Å². The maximum atomic E-state index is 5.82. The van der Waals surface area contributed by atoms with Crippen LogP contribution in [0, 0.1) is 5.92 Å². The van der Waals surface area contributed by atoms with Gasteiger partial charge in [0.15, 0.2) is 11.5 Å². The summed E-state index contributed by atoms with van der Waals surface area (Å²) >= 11 is 0. The largest absolute Gasteiger partial charge is 0.493 e. The summed E-state index contributed by atoms with van der Waals surface area (Å²) in [5, 5.41) is 0. The minimum absolute atomic E-state index is 0.573. The van der Waals surface area contributed by atoms with Gasteiger partial charge in [0.25, 0.3) is 0 Å². The van der Waals surface area contributed by atoms with Gasteiger partial charge in [-0.3, -0.25) is 0 Å². The average molecular weight is 251 g/mol. The fraction of sp³-hybridized carbons (Fsp3) is 0.600. The van der Waals surface area contributed by atoms with Crippen LogP contribution in [0.2, 0.25) is 0 Å². The average Bonchev–Trinajstić information content (AvgIpc) is 2.37. The first-order valence-electron chi connectivity index (χ1n) is 6.71. The van der Waals surface area contributed by atoms with E-state index in [0.717, 1.165) is 24.5 Å². The number of benzene rings is 1. The van der Waals surface area contributed by atoms with Crippen LogP contribution in [0.3, 0.4) is 0 Å². The van der Waals surface area contributed by atoms with Crippen molar-refractivity contribution < 1.29 is 9.47 Å². The molecule has 0 bridgehead atoms. The molecule has 1 rings (SSSR count). The smallest absolute Gasteiger partial charge is 0.161 e. The minimum atomic E-state index is 0.573. The SMILES string of the molecule is CCCC(C)COc1ccc(CCN)cc1OC. The molecule has 102 valence electrons. The fourth-order valence-electron chi connectivity index (χ4n) is 1.96. The highest BCUT2D eigenvalue weighted by molar-refractivity contribution is 5.43. The second-order valence-electron chi connectivity index (χ2n) is 4.73. The van der Waals surface area contributed by atoms with E-state index in [1.807, 2.05) is 12.1 Å². The Labute approximate surface area is 110 Å². The zero-order chi connectivity index (χ0) is 13.4. The number of rotatable bonds is 8. The highest BCUT2D eigenvalue weighted by Gasteiger charge is 2.08. The molecule has 1 aromatic carbocycles. The topological polar surface area (TPSA) is 44.5 Å². The van der Waals surface area contributed by atoms with Gasteiger partial charge >= 0.3 is 0 Å². The molecule has 0 aliphatic carbocycles. The Morgan fingerprint density at radius 3 is 2.67 bits per heavy atom. The third-order valence-corrected chi connectivity index (χ3v) is 2.97. The quantitative estimate of drug-likeness (QED) is 0.772. The summed E-state index contributed by atoms with van der Waals surface area (Å²) in [5.41, 5.74) is 6.73. The molecule has 3 heteroatoms. The maximum Gasteiger partial charge on any atom is 0.161 e. The standard InChI is InChI=1S/C15H25NO2/c1-4-5-12(2)11-18-14-7-6-13(8-9-16)10-15(14)17-3/h6-7,10,12H,4-5,8-9,11,16H2,1-3H3. The molecule has 0 spiro atoms. The number of nitrogens with two attached hydrogens (primary N) is 1. The van der Waals surface area contributed by atoms with Crippen molar-refractivity contribution in [3.63, 3.8) is 0 Å². The van der Waals surface area contributed by atoms with Crippen molar-refractivity contribution in [3.05, 3.63) is 23.8 Å². The van der Waals surface area contributed by atoms with Crippen LogP contribution in [0.5, 0.6) is 11.5 Å². The highest BCUT2D eigenvalue weighted by Crippen LogP contribution is 2.28. The number of methoxy groups -OCH3 is 1. The van der Waals surface area contributed by atoms with E-state index in [-0.39, 0.29) is 0 Å². The summed E-state index contributed by atoms with van der Waals surface area (Å²) < 4.78 is 11.2. The molecule has 0 saturated heterocycles. The molecule has 2 N–H and O–H groups in total. The summed E-state index contributed by atoms with van der Waals surface area (Å²) in [6.07, 6.45) is 3.24. The Balaban J connectivity index is 2.64. The lowest BCUT2D eigenvalue weighted by Gasteiger charge is -2.15. The van der Waals surface area contributed by atoms with E-state index in [1.165, 1.54) is 18.4 Å². The van der Waals surface area contributed by atoms with Gasteiger partial charge in [-0.25, -0.2) is 0 Å². The lowest BCUT2D eigenvalue weighted by Crippen LogP contribution is -2.09. The normalized spacial score (nSPS) is 12.2. The molecule has 3 nitrogen and oxygen atoms in total. The van der Waals surface area contributed by atoms with E-state index in [4.69, 9.17) is 15.2 Å². The minimum Gasteiger partial charge on any atom is -0.493 e. The highest BCUT2D eigenvalue weighted by atomic mass is 16.5. The number of ether oxygens (including phenoxy) is 2. The van der Waals surface area contributed by atoms with Gasteiger partial charge in [0.2, 0.25) is 0 Å². The van der Waals surface area contributed by atoms with Crippen LogP contribution < -0.4 is 15.2 Å². The van der Waals surface area contributed by atoms with Crippen molar-refractivity contribution >= 4 is 0 Å². The van der Waals surface area contributed by atoms with Crippen molar-refractivity contribution in [2.75, 3.05) is 20.3 Å². The van der Waals surface area contributed by atoms with Crippen LogP contribution in [0.1, 0.15) is 32.3 Å². The van der Waals surface area contributed by atoms with Crippen LogP contribution in [-0.4, -0.2) is 20.3 Å². The van der Waals surface area contributed by atoms with Gasteiger partial charge in [0, 0.05) is 0 Å². The molecule has 0 aliphatic heterocycles. The van der Waals surface area contributed by atoms with Gasteiger partial charge in [-0.05, 0) is 43.0 Å². The zero-order valence-corrected chi connectivity index (χ0v) is 11.7. The second kappa shape index (κ2) is 7.98. The lowest BCUT2D eigenvalue weighted by molar-refractivity contribution is 0.240. The Hall–Kier alpha value is -1.22. The summed E-state index contributed by atoms with van der Waals surface area (Å²) in [7, 11) is 1.67. The molecule has 0 aliphatic rings. The van der Waals surface area contributed by atoms with E-state index in [2.05, 4.69) is 19.9 Å². The Kier molecular flexibility index (Phi) is 6.58. The Morgan fingerprint density at radius 1 is 1.28 bits per heavy atom. The monoisotopic (exact) mass is 251 g/mol. The fourth-order valence-corrected chi connectivity index (χ4v) is 1.96. The third kappa shape index (κ3) is 4.57. The number of hydrogen-bond acceptors (Lipinski definition) is 3. The van der Waals surface area contributed by atoms with Gasteiger partial charge in [-0.1, -0.05) is 26.3 Å². The summed E-state index contributed by atoms with van der Waals surface area (Å²) in [6, 6.07) is 6.03. The summed E-state index contributed by atoms with van der Waals surface area (Å²) in [4.78, 5) is 0. The first-order valence-corrected chi connectivity index (χ1v) is 6.71. The zero-order valence-electron chi connectivity index (χ0n) is 11.7. The molecule has 1 unspecified atom stereocenters. The Morgan fingerprint density at radius 2 is 2.06 bits per heavy atom. The third-order valence-electron chi connectivity index (χ3n) is 2.97. The molecular formula is C15H25NO2. The second-order valence-corrected chi connectivity index (χ2v) is 4.73. The van der Waals surface area contributed by atoms with Crippen LogP contribution in [0.15, 0.2) is 18.2 Å². The number of hydrogen-bond donors (Lipinski definition) is 1. The van der Waals surface area contributed by atoms with Crippen molar-refractivity contribution in [2.45, 2.75) is 33.1 Å². The van der Waals surface area contributed by atoms with Gasteiger partial charge in [0.05, 0.1) is 13.7 Å². The molecule has 0 saturated carbocycles. The molecule has 1 aromatic rings. The molecule has 18 heavy (non-hydrogen) atoms. The first-order chi connectivity index (χ1) is 8.71. The van der Waals surface area contributed by atoms with Gasteiger partial charge in [-0.15, -0.1) is 0 Å². The van der Waals surface area contributed by atoms with Crippen molar-refractivity contribution in [1.82, 2.24) is 0 Å². The van der Waals surface area contributed by atoms with Crippen molar-refractivity contribution in [1.29, 1.82) is 0 Å². The molecule has 0 radical (unpaired) electrons. The summed E-state index contributed by atoms with van der Waals surface area (Å²) in [5.74, 6) is 2.19. The predicted molar refractivity (Wildman–Crippen MR) is 75.3 cm³/mol. The van der Waals surface area contributed by atoms with E-state index >= 15 is 0 Å². The van der Waals surface area contributed by atoms with Crippen LogP contribution >= 0.6 is 0 Å². The molecule has 0 heterocycles. The van der Waals surface area contributed by atoms with E-state index in [1.54, 1.807) is 7.11 Å². The summed E-state index contributed by atoms with van der Waals surface area (Å²) in [6.45, 7) is 5.79. The maximum absolute atomic E-state index is 5.82. The Bertz CT molecular complexity index is 352. The van der Waals surface area contributed by atoms with E-state index in [0.29, 0.717) is 12.5 Å². The van der Waals surface area contributed by atoms with Gasteiger partial charge in [-0.2, -0.15) is 0 Å². The van der Waals surface area contributed by atoms with Gasteiger partial charge in [0.1, 0.15) is 0 Å². The molecule has 1 atom stereocenters. The predicted octanol–water partition coefficient (Wildman–Crippen LogP) is 3.01. The molecule has 0 aromatic heterocycles. The van der Waals surface area contributed by atoms with E-state index < -0.39 is 0 Å². The van der Waals surface area contributed by atoms with Crippen molar-refractivity contribution in [3.8, 4) is 11.5 Å². The molecule has 0 fully saturated rings. The van der Waals surface area contributed by atoms with E-state index in [9.17, 15) is 0 Å². The van der Waals surface area contributed by atoms with Gasteiger partial charge < -0.3 is 15.2 Å². The molecular weight excluding hydrogens is 226 g/mol.